The molecule has 1 aliphatic rings. The number of hydrogen-bond donors (Lipinski definition) is 3. The molecule has 0 radical (unpaired) electrons. The van der Waals surface area contributed by atoms with Crippen LogP contribution in [0.1, 0.15) is 22.0 Å². The highest BCUT2D eigenvalue weighted by atomic mass is 35.5. The number of nitrogens with zero attached hydrogens (tertiary/aromatic N) is 2. The van der Waals surface area contributed by atoms with Gasteiger partial charge in [0.1, 0.15) is 11.5 Å². The van der Waals surface area contributed by atoms with Crippen molar-refractivity contribution in [2.24, 2.45) is 5.73 Å². The highest BCUT2D eigenvalue weighted by Crippen LogP contribution is 2.29. The zero-order valence-electron chi connectivity index (χ0n) is 15.7. The summed E-state index contributed by atoms with van der Waals surface area (Å²) in [4.78, 5) is 15.8. The molecule has 1 aliphatic heterocycles. The molecule has 0 aliphatic carbocycles. The van der Waals surface area contributed by atoms with Gasteiger partial charge < -0.3 is 25.6 Å². The van der Waals surface area contributed by atoms with Crippen LogP contribution in [0, 0.1) is 0 Å². The molecule has 0 spiro atoms. The number of ether oxygens (including phenoxy) is 1. The van der Waals surface area contributed by atoms with Crippen molar-refractivity contribution in [2.45, 2.75) is 6.10 Å². The monoisotopic (exact) mass is 407 g/mol. The van der Waals surface area contributed by atoms with E-state index in [2.05, 4.69) is 9.80 Å². The van der Waals surface area contributed by atoms with Crippen LogP contribution in [0.5, 0.6) is 11.5 Å². The number of amides is 1. The Hall–Kier alpha value is -2.48. The van der Waals surface area contributed by atoms with Gasteiger partial charge in [-0.1, -0.05) is 18.2 Å². The Morgan fingerprint density at radius 3 is 2.50 bits per heavy atom. The number of piperazine rings is 1. The van der Waals surface area contributed by atoms with Crippen molar-refractivity contribution in [3.05, 3.63) is 53.6 Å². The molecule has 28 heavy (non-hydrogen) atoms. The molecule has 1 unspecified atom stereocenters. The highest BCUT2D eigenvalue weighted by molar-refractivity contribution is 5.95. The van der Waals surface area contributed by atoms with Crippen LogP contribution in [-0.4, -0.2) is 60.9 Å². The fraction of sp³-hybridized carbons (Fsp3) is 0.350. The zero-order chi connectivity index (χ0) is 19.4. The lowest BCUT2D eigenvalue weighted by molar-refractivity contribution is 0.0995. The molecule has 1 heterocycles. The Bertz CT molecular complexity index is 810. The minimum Gasteiger partial charge on any atom is -0.507 e. The van der Waals surface area contributed by atoms with E-state index in [4.69, 9.17) is 10.5 Å². The Morgan fingerprint density at radius 1 is 1.18 bits per heavy atom. The molecule has 1 fully saturated rings. The number of β-amino-alcohol motifs (C(OH)–C–C–N with tert-alkyl or cyclic N) is 1. The number of carbonyl (C=O) groups excluding carboxylic acids is 1. The quantitative estimate of drug-likeness (QED) is 0.675. The Labute approximate surface area is 170 Å². The number of para-hydroxylation sites is 2. The van der Waals surface area contributed by atoms with E-state index in [0.717, 1.165) is 37.6 Å². The smallest absolute Gasteiger partial charge is 0.252 e. The number of halogens is 1. The van der Waals surface area contributed by atoms with Gasteiger partial charge in [-0.3, -0.25) is 9.69 Å². The number of benzene rings is 2. The van der Waals surface area contributed by atoms with Crippen LogP contribution < -0.4 is 15.4 Å². The average Bonchev–Trinajstić information content (AvgIpc) is 2.68. The predicted octanol–water partition coefficient (Wildman–Crippen LogP) is 1.78. The lowest BCUT2D eigenvalue weighted by Gasteiger charge is -2.37. The van der Waals surface area contributed by atoms with Crippen molar-refractivity contribution in [2.75, 3.05) is 44.7 Å². The number of rotatable bonds is 6. The van der Waals surface area contributed by atoms with Gasteiger partial charge in [0, 0.05) is 32.7 Å². The molecular weight excluding hydrogens is 382 g/mol. The third-order valence-corrected chi connectivity index (χ3v) is 4.90. The van der Waals surface area contributed by atoms with Crippen LogP contribution in [0.15, 0.2) is 42.5 Å². The number of carbonyl (C=O) groups is 1. The molecule has 0 saturated carbocycles. The number of nitrogens with two attached hydrogens (primary N) is 1. The maximum Gasteiger partial charge on any atom is 0.252 e. The van der Waals surface area contributed by atoms with Crippen LogP contribution in [0.2, 0.25) is 0 Å². The fourth-order valence-corrected chi connectivity index (χ4v) is 3.37. The van der Waals surface area contributed by atoms with E-state index in [-0.39, 0.29) is 23.7 Å². The van der Waals surface area contributed by atoms with Gasteiger partial charge in [0.15, 0.2) is 0 Å². The number of aliphatic hydroxyl groups is 1. The number of phenols is 1. The molecule has 0 bridgehead atoms. The number of methoxy groups -OCH3 is 1. The van der Waals surface area contributed by atoms with E-state index >= 15 is 0 Å². The van der Waals surface area contributed by atoms with Gasteiger partial charge in [-0.25, -0.2) is 0 Å². The first-order valence-electron chi connectivity index (χ1n) is 8.90. The van der Waals surface area contributed by atoms with Crippen molar-refractivity contribution in [1.29, 1.82) is 0 Å². The van der Waals surface area contributed by atoms with Gasteiger partial charge in [0.2, 0.25) is 0 Å². The second-order valence-corrected chi connectivity index (χ2v) is 6.62. The zero-order valence-corrected chi connectivity index (χ0v) is 16.6. The second-order valence-electron chi connectivity index (χ2n) is 6.62. The summed E-state index contributed by atoms with van der Waals surface area (Å²) >= 11 is 0. The van der Waals surface area contributed by atoms with Crippen LogP contribution >= 0.6 is 12.4 Å². The van der Waals surface area contributed by atoms with Gasteiger partial charge in [-0.05, 0) is 29.8 Å². The van der Waals surface area contributed by atoms with Crippen molar-refractivity contribution < 1.29 is 19.7 Å². The minimum atomic E-state index is -0.762. The topological polar surface area (TPSA) is 99.3 Å². The van der Waals surface area contributed by atoms with E-state index in [1.807, 2.05) is 24.3 Å². The van der Waals surface area contributed by atoms with Crippen molar-refractivity contribution in [1.82, 2.24) is 4.90 Å². The predicted molar refractivity (Wildman–Crippen MR) is 110 cm³/mol. The van der Waals surface area contributed by atoms with Gasteiger partial charge in [0.05, 0.1) is 24.5 Å². The summed E-state index contributed by atoms with van der Waals surface area (Å²) in [6, 6.07) is 12.4. The first-order valence-corrected chi connectivity index (χ1v) is 8.90. The first-order chi connectivity index (χ1) is 13.0. The molecule has 1 saturated heterocycles. The molecule has 2 aromatic carbocycles. The van der Waals surface area contributed by atoms with E-state index in [0.29, 0.717) is 12.1 Å². The molecule has 3 rings (SSSR count). The summed E-state index contributed by atoms with van der Waals surface area (Å²) in [5.74, 6) is -0.0371. The lowest BCUT2D eigenvalue weighted by Crippen LogP contribution is -2.47. The molecule has 7 nitrogen and oxygen atoms in total. The van der Waals surface area contributed by atoms with Crippen LogP contribution in [0.3, 0.4) is 0 Å². The lowest BCUT2D eigenvalue weighted by atomic mass is 10.0. The third kappa shape index (κ3) is 4.86. The Kier molecular flexibility index (Phi) is 7.51. The largest absolute Gasteiger partial charge is 0.507 e. The molecule has 2 aromatic rings. The first kappa shape index (κ1) is 21.8. The van der Waals surface area contributed by atoms with Crippen LogP contribution in [0.4, 0.5) is 5.69 Å². The summed E-state index contributed by atoms with van der Waals surface area (Å²) < 4.78 is 5.43. The standard InChI is InChI=1S/C20H25N3O4.ClH/c1-27-19-5-3-2-4-16(19)23-10-8-22(9-11-23)13-18(25)14-6-7-17(24)15(12-14)20(21)26;/h2-7,12,18,24-25H,8-11,13H2,1H3,(H2,21,26);1H. The van der Waals surface area contributed by atoms with Crippen LogP contribution in [-0.2, 0) is 0 Å². The number of hydrogen-bond acceptors (Lipinski definition) is 6. The summed E-state index contributed by atoms with van der Waals surface area (Å²) in [6.07, 6.45) is -0.762. The Morgan fingerprint density at radius 2 is 1.86 bits per heavy atom. The highest BCUT2D eigenvalue weighted by Gasteiger charge is 2.22. The van der Waals surface area contributed by atoms with Gasteiger partial charge in [0.25, 0.3) is 5.91 Å². The minimum absolute atomic E-state index is 0. The van der Waals surface area contributed by atoms with Crippen molar-refractivity contribution in [3.8, 4) is 11.5 Å². The maximum atomic E-state index is 11.4. The van der Waals surface area contributed by atoms with E-state index in [1.54, 1.807) is 13.2 Å². The molecule has 152 valence electrons. The number of aromatic hydroxyl groups is 1. The molecule has 4 N–H and O–H groups in total. The SMILES string of the molecule is COc1ccccc1N1CCN(CC(O)c2ccc(O)c(C(N)=O)c2)CC1.Cl. The van der Waals surface area contributed by atoms with E-state index in [9.17, 15) is 15.0 Å². The number of aliphatic hydroxyl groups excluding tert-OH is 1. The normalized spacial score (nSPS) is 15.6. The van der Waals surface area contributed by atoms with E-state index < -0.39 is 12.0 Å². The summed E-state index contributed by atoms with van der Waals surface area (Å²) in [7, 11) is 1.67. The molecule has 1 atom stereocenters. The molecular formula is C20H26ClN3O4. The summed E-state index contributed by atoms with van der Waals surface area (Å²) in [5, 5.41) is 20.2. The number of primary amides is 1. The average molecular weight is 408 g/mol. The van der Waals surface area contributed by atoms with Crippen molar-refractivity contribution in [3.63, 3.8) is 0 Å². The fourth-order valence-electron chi connectivity index (χ4n) is 3.37. The second kappa shape index (κ2) is 9.64. The van der Waals surface area contributed by atoms with Crippen LogP contribution in [0.25, 0.3) is 0 Å². The summed E-state index contributed by atoms with van der Waals surface area (Å²) in [6.45, 7) is 3.71. The van der Waals surface area contributed by atoms with Crippen molar-refractivity contribution >= 4 is 24.0 Å². The number of anilines is 1. The maximum absolute atomic E-state index is 11.4. The van der Waals surface area contributed by atoms with Gasteiger partial charge in [-0.15, -0.1) is 12.4 Å². The molecule has 1 amide bonds. The van der Waals surface area contributed by atoms with E-state index in [1.165, 1.54) is 12.1 Å². The Balaban J connectivity index is 0.00000280. The molecule has 0 aromatic heterocycles. The molecule has 8 heteroatoms. The van der Waals surface area contributed by atoms with Gasteiger partial charge in [-0.2, -0.15) is 0 Å². The summed E-state index contributed by atoms with van der Waals surface area (Å²) in [5.41, 5.74) is 6.91. The third-order valence-electron chi connectivity index (χ3n) is 4.90. The van der Waals surface area contributed by atoms with Gasteiger partial charge >= 0.3 is 0 Å².